The highest BCUT2D eigenvalue weighted by Crippen LogP contribution is 2.34. The zero-order valence-electron chi connectivity index (χ0n) is 13.4. The maximum absolute atomic E-state index is 5.56. The van der Waals surface area contributed by atoms with Gasteiger partial charge < -0.3 is 9.47 Å². The van der Waals surface area contributed by atoms with E-state index in [1.54, 1.807) is 0 Å². The molecule has 0 amide bonds. The van der Waals surface area contributed by atoms with Gasteiger partial charge in [-0.15, -0.1) is 0 Å². The zero-order chi connectivity index (χ0) is 14.9. The molecule has 0 unspecified atom stereocenters. The third-order valence-corrected chi connectivity index (χ3v) is 5.92. The lowest BCUT2D eigenvalue weighted by atomic mass is 10.0. The molecule has 1 aromatic rings. The van der Waals surface area contributed by atoms with Crippen LogP contribution in [0.3, 0.4) is 0 Å². The normalized spacial score (nSPS) is 25.6. The maximum atomic E-state index is 5.56. The van der Waals surface area contributed by atoms with Crippen molar-refractivity contribution in [3.8, 4) is 0 Å². The van der Waals surface area contributed by atoms with E-state index in [0.717, 1.165) is 17.5 Å². The second kappa shape index (κ2) is 6.42. The van der Waals surface area contributed by atoms with Gasteiger partial charge in [0.1, 0.15) is 6.33 Å². The molecule has 3 fully saturated rings. The average molecular weight is 321 g/mol. The van der Waals surface area contributed by atoms with Crippen LogP contribution in [0.5, 0.6) is 0 Å². The third-order valence-electron chi connectivity index (χ3n) is 5.50. The topological polar surface area (TPSA) is 29.2 Å². The lowest BCUT2D eigenvalue weighted by Gasteiger charge is -2.40. The molecule has 0 bridgehead atoms. The van der Waals surface area contributed by atoms with Gasteiger partial charge in [-0.25, -0.2) is 4.68 Å². The van der Waals surface area contributed by atoms with Crippen molar-refractivity contribution in [3.05, 3.63) is 11.1 Å². The Morgan fingerprint density at radius 1 is 0.955 bits per heavy atom. The van der Waals surface area contributed by atoms with Crippen LogP contribution in [0.15, 0.2) is 6.33 Å². The first kappa shape index (κ1) is 14.8. The molecule has 3 aliphatic rings. The molecule has 1 aromatic heterocycles. The van der Waals surface area contributed by atoms with Crippen molar-refractivity contribution in [1.82, 2.24) is 24.1 Å². The van der Waals surface area contributed by atoms with Crippen LogP contribution in [0.2, 0.25) is 0 Å². The summed E-state index contributed by atoms with van der Waals surface area (Å²) in [6.07, 6.45) is 11.3. The molecule has 4 rings (SSSR count). The number of rotatable bonds is 4. The van der Waals surface area contributed by atoms with E-state index in [1.807, 2.05) is 11.0 Å². The molecule has 0 aromatic carbocycles. The summed E-state index contributed by atoms with van der Waals surface area (Å²) in [5.41, 5.74) is 0. The minimum atomic E-state index is 0.631. The van der Waals surface area contributed by atoms with Gasteiger partial charge in [0, 0.05) is 25.2 Å². The summed E-state index contributed by atoms with van der Waals surface area (Å²) >= 11 is 5.56. The largest absolute Gasteiger partial charge is 0.303 e. The lowest BCUT2D eigenvalue weighted by molar-refractivity contribution is 0.0762. The molecule has 2 aliphatic heterocycles. The van der Waals surface area contributed by atoms with E-state index < -0.39 is 0 Å². The van der Waals surface area contributed by atoms with Gasteiger partial charge in [0.05, 0.1) is 6.67 Å². The Bertz CT molecular complexity index is 547. The minimum Gasteiger partial charge on any atom is -0.303 e. The fourth-order valence-electron chi connectivity index (χ4n) is 3.95. The summed E-state index contributed by atoms with van der Waals surface area (Å²) in [5, 5.41) is 4.50. The predicted octanol–water partition coefficient (Wildman–Crippen LogP) is 2.66. The molecular weight excluding hydrogens is 294 g/mol. The standard InChI is InChI=1S/C16H27N5S/c22-16-20(15-4-5-15)12-17-21(16)13-18-10-6-14(7-11-18)19-8-2-1-3-9-19/h12,14-15H,1-11,13H2. The van der Waals surface area contributed by atoms with Gasteiger partial charge in [-0.2, -0.15) is 5.10 Å². The Labute approximate surface area is 137 Å². The van der Waals surface area contributed by atoms with Crippen molar-refractivity contribution in [2.24, 2.45) is 0 Å². The van der Waals surface area contributed by atoms with Crippen LogP contribution in [-0.4, -0.2) is 56.4 Å². The summed E-state index contributed by atoms with van der Waals surface area (Å²) in [5.74, 6) is 0. The molecule has 5 nitrogen and oxygen atoms in total. The molecule has 0 N–H and O–H groups in total. The number of likely N-dealkylation sites (tertiary alicyclic amines) is 2. The molecule has 3 heterocycles. The molecule has 0 radical (unpaired) electrons. The van der Waals surface area contributed by atoms with Gasteiger partial charge >= 0.3 is 0 Å². The molecular formula is C16H27N5S. The van der Waals surface area contributed by atoms with E-state index in [4.69, 9.17) is 12.2 Å². The molecule has 122 valence electrons. The Hall–Kier alpha value is -0.720. The zero-order valence-corrected chi connectivity index (χ0v) is 14.2. The SMILES string of the molecule is S=c1n(C2CC2)cnn1CN1CCC(N2CCCCC2)CC1. The summed E-state index contributed by atoms with van der Waals surface area (Å²) in [4.78, 5) is 5.24. The highest BCUT2D eigenvalue weighted by atomic mass is 32.1. The highest BCUT2D eigenvalue weighted by Gasteiger charge is 2.27. The van der Waals surface area contributed by atoms with E-state index in [1.165, 1.54) is 71.1 Å². The Morgan fingerprint density at radius 2 is 1.68 bits per heavy atom. The van der Waals surface area contributed by atoms with Crippen LogP contribution in [0, 0.1) is 4.77 Å². The quantitative estimate of drug-likeness (QED) is 0.797. The maximum Gasteiger partial charge on any atom is 0.199 e. The lowest BCUT2D eigenvalue weighted by Crippen LogP contribution is -2.47. The van der Waals surface area contributed by atoms with Gasteiger partial charge in [-0.3, -0.25) is 4.90 Å². The van der Waals surface area contributed by atoms with Crippen LogP contribution < -0.4 is 0 Å². The molecule has 0 spiro atoms. The van der Waals surface area contributed by atoms with Crippen molar-refractivity contribution < 1.29 is 0 Å². The van der Waals surface area contributed by atoms with Crippen LogP contribution in [-0.2, 0) is 6.67 Å². The Balaban J connectivity index is 1.31. The second-order valence-corrected chi connectivity index (χ2v) is 7.50. The number of hydrogen-bond acceptors (Lipinski definition) is 4. The van der Waals surface area contributed by atoms with Gasteiger partial charge in [0.15, 0.2) is 4.77 Å². The molecule has 1 saturated carbocycles. The van der Waals surface area contributed by atoms with Crippen LogP contribution in [0.25, 0.3) is 0 Å². The first-order valence-corrected chi connectivity index (χ1v) is 9.32. The third kappa shape index (κ3) is 3.14. The van der Waals surface area contributed by atoms with E-state index in [-0.39, 0.29) is 0 Å². The second-order valence-electron chi connectivity index (χ2n) is 7.14. The Morgan fingerprint density at radius 3 is 2.36 bits per heavy atom. The van der Waals surface area contributed by atoms with Crippen molar-refractivity contribution in [2.45, 2.75) is 63.7 Å². The number of aromatic nitrogens is 3. The fraction of sp³-hybridized carbons (Fsp3) is 0.875. The molecule has 2 saturated heterocycles. The van der Waals surface area contributed by atoms with Gasteiger partial charge in [-0.1, -0.05) is 6.42 Å². The van der Waals surface area contributed by atoms with Crippen molar-refractivity contribution >= 4 is 12.2 Å². The summed E-state index contributed by atoms with van der Waals surface area (Å²) < 4.78 is 5.09. The van der Waals surface area contributed by atoms with Crippen LogP contribution in [0.4, 0.5) is 0 Å². The molecule has 0 atom stereocenters. The first-order chi connectivity index (χ1) is 10.8. The van der Waals surface area contributed by atoms with Gasteiger partial charge in [0.25, 0.3) is 0 Å². The number of piperidine rings is 2. The van der Waals surface area contributed by atoms with Gasteiger partial charge in [-0.05, 0) is 63.8 Å². The van der Waals surface area contributed by atoms with Crippen molar-refractivity contribution in [2.75, 3.05) is 26.2 Å². The van der Waals surface area contributed by atoms with Crippen molar-refractivity contribution in [3.63, 3.8) is 0 Å². The van der Waals surface area contributed by atoms with E-state index in [2.05, 4.69) is 19.5 Å². The smallest absolute Gasteiger partial charge is 0.199 e. The van der Waals surface area contributed by atoms with E-state index in [9.17, 15) is 0 Å². The monoisotopic (exact) mass is 321 g/mol. The summed E-state index contributed by atoms with van der Waals surface area (Å²) in [6.45, 7) is 5.87. The van der Waals surface area contributed by atoms with E-state index >= 15 is 0 Å². The summed E-state index contributed by atoms with van der Waals surface area (Å²) in [6, 6.07) is 1.44. The van der Waals surface area contributed by atoms with Crippen LogP contribution in [0.1, 0.15) is 51.0 Å². The Kier molecular flexibility index (Phi) is 4.33. The summed E-state index contributed by atoms with van der Waals surface area (Å²) in [7, 11) is 0. The molecule has 1 aliphatic carbocycles. The van der Waals surface area contributed by atoms with Crippen molar-refractivity contribution in [1.29, 1.82) is 0 Å². The first-order valence-electron chi connectivity index (χ1n) is 8.91. The molecule has 22 heavy (non-hydrogen) atoms. The highest BCUT2D eigenvalue weighted by molar-refractivity contribution is 7.71. The average Bonchev–Trinajstić information content (AvgIpc) is 3.35. The fourth-order valence-corrected chi connectivity index (χ4v) is 4.25. The number of hydrogen-bond donors (Lipinski definition) is 0. The molecule has 6 heteroatoms. The van der Waals surface area contributed by atoms with Gasteiger partial charge in [0.2, 0.25) is 0 Å². The minimum absolute atomic E-state index is 0.631. The van der Waals surface area contributed by atoms with E-state index in [0.29, 0.717) is 6.04 Å². The number of nitrogens with zero attached hydrogens (tertiary/aromatic N) is 5. The predicted molar refractivity (Wildman–Crippen MR) is 89.3 cm³/mol. The van der Waals surface area contributed by atoms with Crippen LogP contribution >= 0.6 is 12.2 Å².